The monoisotopic (exact) mass is 863 g/mol. The Bertz CT molecular complexity index is 2470. The van der Waals surface area contributed by atoms with Crippen LogP contribution in [0.15, 0.2) is 36.4 Å². The normalized spacial score (nSPS) is 25.2. The average Bonchev–Trinajstić information content (AvgIpc) is 4.04. The molecule has 2 aliphatic carbocycles. The summed E-state index contributed by atoms with van der Waals surface area (Å²) in [6.07, 6.45) is 4.79. The van der Waals surface area contributed by atoms with Gasteiger partial charge >= 0.3 is 0 Å². The van der Waals surface area contributed by atoms with Gasteiger partial charge in [0.1, 0.15) is 35.3 Å². The van der Waals surface area contributed by atoms with E-state index in [2.05, 4.69) is 72.3 Å². The summed E-state index contributed by atoms with van der Waals surface area (Å²) in [5.41, 5.74) is 12.9. The number of fused-ring (bicyclic) bond motifs is 6. The van der Waals surface area contributed by atoms with Crippen molar-refractivity contribution >= 4 is 23.5 Å². The van der Waals surface area contributed by atoms with Crippen molar-refractivity contribution in [3.8, 4) is 11.5 Å². The number of rotatable bonds is 6. The fraction of sp³-hybridized carbons (Fsp3) is 0.520. The average molecular weight is 864 g/mol. The fourth-order valence-electron chi connectivity index (χ4n) is 10.6. The molecular weight excluding hydrogens is 800 g/mol. The van der Waals surface area contributed by atoms with Crippen LogP contribution in [-0.4, -0.2) is 78.3 Å². The molecule has 6 unspecified atom stereocenters. The Hall–Kier alpha value is -5.27. The van der Waals surface area contributed by atoms with Crippen LogP contribution in [0.4, 0.5) is 16.0 Å². The van der Waals surface area contributed by atoms with Gasteiger partial charge in [-0.05, 0) is 109 Å². The van der Waals surface area contributed by atoms with Gasteiger partial charge in [-0.3, -0.25) is 14.0 Å². The number of halogens is 1. The number of nitrogens with one attached hydrogen (secondary N) is 1. The summed E-state index contributed by atoms with van der Waals surface area (Å²) in [6, 6.07) is 13.7. The zero-order chi connectivity index (χ0) is 43.0. The van der Waals surface area contributed by atoms with Crippen LogP contribution in [0.5, 0.6) is 11.5 Å². The van der Waals surface area contributed by atoms with Gasteiger partial charge in [0, 0.05) is 56.9 Å². The predicted molar refractivity (Wildman–Crippen MR) is 241 cm³/mol. The molecule has 63 heavy (non-hydrogen) atoms. The van der Waals surface area contributed by atoms with E-state index in [1.165, 1.54) is 22.3 Å². The first-order chi connectivity index (χ1) is 30.0. The molecule has 13 heteroatoms. The number of pyridine rings is 2. The summed E-state index contributed by atoms with van der Waals surface area (Å²) in [5.74, 6) is 5.24. The van der Waals surface area contributed by atoms with E-state index in [1.807, 2.05) is 14.0 Å². The molecule has 4 aromatic rings. The third-order valence-corrected chi connectivity index (χ3v) is 14.4. The minimum atomic E-state index is -1.00. The molecule has 12 rings (SSSR count). The minimum Gasteiger partial charge on any atom is -0.490 e. The van der Waals surface area contributed by atoms with Crippen molar-refractivity contribution in [3.63, 3.8) is 0 Å². The highest BCUT2D eigenvalue weighted by Crippen LogP contribution is 2.49. The van der Waals surface area contributed by atoms with Crippen molar-refractivity contribution in [3.05, 3.63) is 103 Å². The molecule has 12 nitrogen and oxygen atoms in total. The lowest BCUT2D eigenvalue weighted by atomic mass is 10.0. The standard InChI is InChI=1S/C24H27N3O3.C23H25N3O3.CH3F.2CH4/c1-13-14(2)23(25-19-10-26(3)24(28)22(13)19)27-7-6-21(18-9-20(18)27)30-17-5-4-15-11-29-12-16(15)8-17;1-12-13(2)22(25-18-9-24-23(27)21(12)18)26-6-5-20(17-8-19(17)26)29-16-4-3-14-10-28-11-15(14)7-16;1-2;;/h4-5,8,18,20-21H,6-7,9-12H2,1-3H3;3-4,7,17,19-20H,5-6,8-11H2,1-2H3,(H,24,27);1H3;2*1H4/i;;1D;;. The number of aromatic nitrogens is 2. The number of alkyl halides is 1. The molecule has 1 N–H and O–H groups in total. The summed E-state index contributed by atoms with van der Waals surface area (Å²) in [5, 5.41) is 2.91. The topological polar surface area (TPSA) is 119 Å². The number of hydrogen-bond donors (Lipinski definition) is 1. The third kappa shape index (κ3) is 7.79. The second-order valence-corrected chi connectivity index (χ2v) is 17.9. The van der Waals surface area contributed by atoms with E-state index in [0.717, 1.165) is 107 Å². The molecular formula is C50H63FN6O6. The van der Waals surface area contributed by atoms with E-state index in [0.29, 0.717) is 63.4 Å². The third-order valence-electron chi connectivity index (χ3n) is 14.4. The number of amides is 2. The second kappa shape index (κ2) is 17.4. The van der Waals surface area contributed by atoms with E-state index in [9.17, 15) is 14.0 Å². The van der Waals surface area contributed by atoms with Crippen LogP contribution in [0.1, 0.15) is 119 Å². The zero-order valence-electron chi connectivity index (χ0n) is 36.7. The van der Waals surface area contributed by atoms with Gasteiger partial charge in [0.2, 0.25) is 0 Å². The van der Waals surface area contributed by atoms with Crippen LogP contribution >= 0.6 is 0 Å². The highest BCUT2D eigenvalue weighted by Gasteiger charge is 2.53. The van der Waals surface area contributed by atoms with Crippen LogP contribution in [-0.2, 0) is 49.0 Å². The van der Waals surface area contributed by atoms with Crippen LogP contribution in [0, 0.1) is 39.5 Å². The number of ether oxygens (including phenoxy) is 4. The molecule has 2 aromatic heterocycles. The summed E-state index contributed by atoms with van der Waals surface area (Å²) in [7, 11) is 0.850. The molecule has 0 spiro atoms. The largest absolute Gasteiger partial charge is 0.490 e. The maximum atomic E-state index is 12.5. The lowest BCUT2D eigenvalue weighted by molar-refractivity contribution is 0.0815. The van der Waals surface area contributed by atoms with E-state index >= 15 is 0 Å². The Morgan fingerprint density at radius 3 is 1.71 bits per heavy atom. The van der Waals surface area contributed by atoms with E-state index in [-0.39, 0.29) is 38.9 Å². The van der Waals surface area contributed by atoms with E-state index < -0.39 is 7.15 Å². The number of anilines is 2. The Balaban J connectivity index is 0.000000160. The van der Waals surface area contributed by atoms with Gasteiger partial charge in [0.15, 0.2) is 0 Å². The molecule has 0 radical (unpaired) electrons. The molecule has 8 heterocycles. The first-order valence-electron chi connectivity index (χ1n) is 22.4. The first-order valence-corrected chi connectivity index (χ1v) is 21.7. The van der Waals surface area contributed by atoms with Crippen molar-refractivity contribution < 1.29 is 34.3 Å². The molecule has 6 atom stereocenters. The SMILES string of the molecule is C.C.Cc1c(N2CCC(Oc3ccc4c(c3)COC4)C3CC32)nc2c(c1C)C(=O)N(C)C2.Cc1c(N2CCC(Oc3ccc4c(c3)COC4)C3CC32)nc2c(c1C)C(=O)NC2.[2H]CF. The minimum absolute atomic E-state index is 0. The number of nitrogens with zero attached hydrogens (tertiary/aromatic N) is 5. The van der Waals surface area contributed by atoms with Crippen LogP contribution < -0.4 is 24.6 Å². The summed E-state index contributed by atoms with van der Waals surface area (Å²) < 4.78 is 39.4. The van der Waals surface area contributed by atoms with E-state index in [1.54, 1.807) is 4.90 Å². The van der Waals surface area contributed by atoms with Gasteiger partial charge in [-0.15, -0.1) is 0 Å². The van der Waals surface area contributed by atoms with Crippen molar-refractivity contribution in [2.75, 3.05) is 37.1 Å². The molecule has 4 fully saturated rings. The number of benzene rings is 2. The van der Waals surface area contributed by atoms with Crippen LogP contribution in [0.2, 0.25) is 0 Å². The van der Waals surface area contributed by atoms with Crippen LogP contribution in [0.3, 0.4) is 0 Å². The maximum Gasteiger partial charge on any atom is 0.256 e. The second-order valence-electron chi connectivity index (χ2n) is 17.9. The van der Waals surface area contributed by atoms with Crippen LogP contribution in [0.25, 0.3) is 0 Å². The van der Waals surface area contributed by atoms with Crippen molar-refractivity contribution in [1.29, 1.82) is 0 Å². The fourth-order valence-corrected chi connectivity index (χ4v) is 10.6. The number of hydrogen-bond acceptors (Lipinski definition) is 10. The highest BCUT2D eigenvalue weighted by molar-refractivity contribution is 6.00. The van der Waals surface area contributed by atoms with Crippen molar-refractivity contribution in [2.45, 2.75) is 132 Å². The molecule has 336 valence electrons. The van der Waals surface area contributed by atoms with Gasteiger partial charge in [-0.2, -0.15) is 0 Å². The number of piperidine rings is 2. The quantitative estimate of drug-likeness (QED) is 0.203. The van der Waals surface area contributed by atoms with Crippen molar-refractivity contribution in [1.82, 2.24) is 20.2 Å². The Morgan fingerprint density at radius 2 is 1.19 bits per heavy atom. The molecule has 8 aliphatic rings. The van der Waals surface area contributed by atoms with Gasteiger partial charge in [-0.1, -0.05) is 27.0 Å². The molecule has 6 aliphatic heterocycles. The smallest absolute Gasteiger partial charge is 0.256 e. The van der Waals surface area contributed by atoms with E-state index in [4.69, 9.17) is 30.3 Å². The Labute approximate surface area is 372 Å². The summed E-state index contributed by atoms with van der Waals surface area (Å²) in [4.78, 5) is 41.1. The van der Waals surface area contributed by atoms with Gasteiger partial charge in [0.25, 0.3) is 11.8 Å². The molecule has 2 saturated heterocycles. The predicted octanol–water partition coefficient (Wildman–Crippen LogP) is 8.24. The van der Waals surface area contributed by atoms with Gasteiger partial charge in [0.05, 0.1) is 70.6 Å². The number of carbonyl (C=O) groups is 2. The number of carbonyl (C=O) groups excluding carboxylic acids is 2. The molecule has 2 amide bonds. The first kappa shape index (κ1) is 43.0. The van der Waals surface area contributed by atoms with Crippen molar-refractivity contribution in [2.24, 2.45) is 11.8 Å². The van der Waals surface area contributed by atoms with Gasteiger partial charge < -0.3 is 39.0 Å². The highest BCUT2D eigenvalue weighted by atomic mass is 19.1. The lowest BCUT2D eigenvalue weighted by Crippen LogP contribution is -2.40. The van der Waals surface area contributed by atoms with Gasteiger partial charge in [-0.25, -0.2) is 9.97 Å². The zero-order valence-corrected chi connectivity index (χ0v) is 35.7. The molecule has 2 aromatic carbocycles. The maximum absolute atomic E-state index is 12.5. The molecule has 0 bridgehead atoms. The Kier molecular flexibility index (Phi) is 11.9. The Morgan fingerprint density at radius 1 is 0.714 bits per heavy atom. The lowest BCUT2D eigenvalue weighted by Gasteiger charge is -2.34. The summed E-state index contributed by atoms with van der Waals surface area (Å²) in [6.45, 7) is 14.1. The molecule has 2 saturated carbocycles. The summed E-state index contributed by atoms with van der Waals surface area (Å²) >= 11 is 0.